The minimum atomic E-state index is 0. The van der Waals surface area contributed by atoms with Crippen molar-refractivity contribution in [2.24, 2.45) is 0 Å². The summed E-state index contributed by atoms with van der Waals surface area (Å²) < 4.78 is 0. The zero-order valence-electron chi connectivity index (χ0n) is 7.27. The molecule has 0 fully saturated rings. The summed E-state index contributed by atoms with van der Waals surface area (Å²) in [6.45, 7) is 0. The zero-order chi connectivity index (χ0) is 8.49. The van der Waals surface area contributed by atoms with Crippen LogP contribution in [-0.4, -0.2) is 0 Å². The van der Waals surface area contributed by atoms with Gasteiger partial charge in [-0.3, -0.25) is 0 Å². The van der Waals surface area contributed by atoms with E-state index in [1.165, 1.54) is 0 Å². The van der Waals surface area contributed by atoms with E-state index >= 15 is 0 Å². The molecule has 0 bridgehead atoms. The Labute approximate surface area is 113 Å². The van der Waals surface area contributed by atoms with Crippen LogP contribution in [0.25, 0.3) is 0 Å². The topological polar surface area (TPSA) is 0 Å². The van der Waals surface area contributed by atoms with Crippen LogP contribution in [0.3, 0.4) is 0 Å². The Kier molecular flexibility index (Phi) is 9.72. The molecule has 0 radical (unpaired) electrons. The van der Waals surface area contributed by atoms with Crippen molar-refractivity contribution in [2.75, 3.05) is 0 Å². The molecular weight excluding hydrogens is 288 g/mol. The summed E-state index contributed by atoms with van der Waals surface area (Å²) in [5.41, 5.74) is 0. The molecular formula is C12H10Nd-2. The Bertz CT molecular complexity index is 181. The summed E-state index contributed by atoms with van der Waals surface area (Å²) in [5, 5.41) is 0. The predicted molar refractivity (Wildman–Crippen MR) is 50.6 cm³/mol. The van der Waals surface area contributed by atoms with Crippen molar-refractivity contribution < 1.29 is 40.8 Å². The van der Waals surface area contributed by atoms with Crippen LogP contribution in [0.15, 0.2) is 60.7 Å². The summed E-state index contributed by atoms with van der Waals surface area (Å²) in [5.74, 6) is 0. The van der Waals surface area contributed by atoms with Crippen molar-refractivity contribution in [1.82, 2.24) is 0 Å². The van der Waals surface area contributed by atoms with Crippen LogP contribution < -0.4 is 0 Å². The first kappa shape index (κ1) is 12.8. The monoisotopic (exact) mass is 296 g/mol. The van der Waals surface area contributed by atoms with Crippen LogP contribution in [0.1, 0.15) is 0 Å². The molecule has 0 aliphatic rings. The van der Waals surface area contributed by atoms with Gasteiger partial charge in [0.25, 0.3) is 0 Å². The fraction of sp³-hybridized carbons (Fsp3) is 0. The van der Waals surface area contributed by atoms with E-state index in [1.807, 2.05) is 60.7 Å². The van der Waals surface area contributed by atoms with Crippen molar-refractivity contribution >= 4 is 0 Å². The number of rotatable bonds is 0. The van der Waals surface area contributed by atoms with Crippen LogP contribution in [0.2, 0.25) is 0 Å². The number of hydrogen-bond donors (Lipinski definition) is 0. The van der Waals surface area contributed by atoms with Gasteiger partial charge in [0.15, 0.2) is 0 Å². The molecule has 0 atom stereocenters. The molecule has 64 valence electrons. The van der Waals surface area contributed by atoms with Gasteiger partial charge in [-0.2, -0.15) is 72.8 Å². The SMILES string of the molecule is [Nd].[c-]1ccccc1.[c-]1ccccc1. The third-order valence-corrected chi connectivity index (χ3v) is 1.21. The second-order valence-corrected chi connectivity index (χ2v) is 2.15. The van der Waals surface area contributed by atoms with Gasteiger partial charge in [0.1, 0.15) is 0 Å². The van der Waals surface area contributed by atoms with Crippen molar-refractivity contribution in [3.8, 4) is 0 Å². The second kappa shape index (κ2) is 9.88. The first-order valence-corrected chi connectivity index (χ1v) is 3.82. The standard InChI is InChI=1S/2C6H5.Nd/c2*1-2-4-6-5-3-1;/h2*1-5H;/q2*-1;. The molecule has 0 saturated carbocycles. The molecule has 0 heterocycles. The largest absolute Gasteiger partial charge is 0.184 e. The van der Waals surface area contributed by atoms with Crippen LogP contribution >= 0.6 is 0 Å². The maximum atomic E-state index is 2.89. The quantitative estimate of drug-likeness (QED) is 0.656. The Morgan fingerprint density at radius 2 is 0.769 bits per heavy atom. The summed E-state index contributed by atoms with van der Waals surface area (Å²) in [6.07, 6.45) is 0. The average molecular weight is 298 g/mol. The van der Waals surface area contributed by atoms with Crippen LogP contribution in [0.4, 0.5) is 0 Å². The normalized spacial score (nSPS) is 7.38. The maximum Gasteiger partial charge on any atom is 0 e. The molecule has 13 heavy (non-hydrogen) atoms. The fourth-order valence-corrected chi connectivity index (χ4v) is 0.684. The molecule has 0 aliphatic heterocycles. The van der Waals surface area contributed by atoms with E-state index in [0.717, 1.165) is 0 Å². The fourth-order valence-electron chi connectivity index (χ4n) is 0.684. The third-order valence-electron chi connectivity index (χ3n) is 1.21. The summed E-state index contributed by atoms with van der Waals surface area (Å²) >= 11 is 0. The van der Waals surface area contributed by atoms with Crippen molar-refractivity contribution in [3.63, 3.8) is 0 Å². The van der Waals surface area contributed by atoms with Gasteiger partial charge in [-0.15, -0.1) is 0 Å². The number of benzene rings is 2. The van der Waals surface area contributed by atoms with E-state index in [1.54, 1.807) is 0 Å². The minimum absolute atomic E-state index is 0. The van der Waals surface area contributed by atoms with Gasteiger partial charge in [-0.05, 0) is 0 Å². The van der Waals surface area contributed by atoms with Crippen molar-refractivity contribution in [2.45, 2.75) is 0 Å². The van der Waals surface area contributed by atoms with E-state index < -0.39 is 0 Å². The van der Waals surface area contributed by atoms with Gasteiger partial charge < -0.3 is 0 Å². The molecule has 0 N–H and O–H groups in total. The molecule has 0 aliphatic carbocycles. The summed E-state index contributed by atoms with van der Waals surface area (Å²) in [7, 11) is 0. The number of hydrogen-bond acceptors (Lipinski definition) is 0. The Hall–Kier alpha value is -0.209. The minimum Gasteiger partial charge on any atom is -0.184 e. The molecule has 0 nitrogen and oxygen atoms in total. The Morgan fingerprint density at radius 1 is 0.462 bits per heavy atom. The predicted octanol–water partition coefficient (Wildman–Crippen LogP) is 2.97. The van der Waals surface area contributed by atoms with Crippen LogP contribution in [0.5, 0.6) is 0 Å². The van der Waals surface area contributed by atoms with Gasteiger partial charge in [0, 0.05) is 40.8 Å². The van der Waals surface area contributed by atoms with E-state index in [-0.39, 0.29) is 40.8 Å². The van der Waals surface area contributed by atoms with Gasteiger partial charge in [-0.25, -0.2) is 0 Å². The van der Waals surface area contributed by atoms with Crippen molar-refractivity contribution in [3.05, 3.63) is 72.8 Å². The van der Waals surface area contributed by atoms with Crippen molar-refractivity contribution in [1.29, 1.82) is 0 Å². The van der Waals surface area contributed by atoms with Gasteiger partial charge in [0.2, 0.25) is 0 Å². The molecule has 0 amide bonds. The Morgan fingerprint density at radius 3 is 0.846 bits per heavy atom. The van der Waals surface area contributed by atoms with Crippen LogP contribution in [0, 0.1) is 53.0 Å². The van der Waals surface area contributed by atoms with E-state index in [4.69, 9.17) is 0 Å². The third kappa shape index (κ3) is 8.13. The smallest absolute Gasteiger partial charge is 0 e. The molecule has 0 aromatic heterocycles. The first-order chi connectivity index (χ1) is 6.00. The van der Waals surface area contributed by atoms with Gasteiger partial charge >= 0.3 is 0 Å². The maximum absolute atomic E-state index is 2.89. The van der Waals surface area contributed by atoms with E-state index in [9.17, 15) is 0 Å². The zero-order valence-corrected chi connectivity index (χ0v) is 10.5. The molecule has 1 heteroatoms. The van der Waals surface area contributed by atoms with E-state index in [2.05, 4.69) is 12.1 Å². The average Bonchev–Trinajstić information content (AvgIpc) is 2.24. The summed E-state index contributed by atoms with van der Waals surface area (Å²) in [4.78, 5) is 0. The molecule has 0 unspecified atom stereocenters. The molecule has 0 spiro atoms. The molecule has 2 aromatic rings. The van der Waals surface area contributed by atoms with Gasteiger partial charge in [0.05, 0.1) is 0 Å². The van der Waals surface area contributed by atoms with Crippen LogP contribution in [-0.2, 0) is 0 Å². The Balaban J connectivity index is 0.000000206. The van der Waals surface area contributed by atoms with E-state index in [0.29, 0.717) is 0 Å². The molecule has 2 rings (SSSR count). The van der Waals surface area contributed by atoms with Gasteiger partial charge in [-0.1, -0.05) is 0 Å². The molecule has 0 saturated heterocycles. The first-order valence-electron chi connectivity index (χ1n) is 3.82. The summed E-state index contributed by atoms with van der Waals surface area (Å²) in [6, 6.07) is 25.0. The molecule has 2 aromatic carbocycles. The second-order valence-electron chi connectivity index (χ2n) is 2.15.